The molecule has 1 amide bonds. The van der Waals surface area contributed by atoms with E-state index in [1.54, 1.807) is 4.90 Å². The highest BCUT2D eigenvalue weighted by atomic mass is 16.2. The van der Waals surface area contributed by atoms with Gasteiger partial charge in [0.2, 0.25) is 5.91 Å². The number of H-pyrrole nitrogens is 1. The number of nitrogens with zero attached hydrogens (tertiary/aromatic N) is 6. The molecule has 0 bridgehead atoms. The van der Waals surface area contributed by atoms with Gasteiger partial charge in [0.25, 0.3) is 0 Å². The maximum absolute atomic E-state index is 12.2. The third kappa shape index (κ3) is 2.77. The minimum atomic E-state index is 0.0430. The van der Waals surface area contributed by atoms with Gasteiger partial charge in [0.1, 0.15) is 5.82 Å². The molecule has 0 aliphatic carbocycles. The van der Waals surface area contributed by atoms with Crippen molar-refractivity contribution in [1.82, 2.24) is 15.2 Å². The normalized spacial score (nSPS) is 17.6. The summed E-state index contributed by atoms with van der Waals surface area (Å²) in [7, 11) is 0. The highest BCUT2D eigenvalue weighted by Gasteiger charge is 2.30. The molecule has 2 aromatic rings. The van der Waals surface area contributed by atoms with E-state index in [0.29, 0.717) is 25.3 Å². The first-order chi connectivity index (χ1) is 10.7. The van der Waals surface area contributed by atoms with Crippen LogP contribution in [-0.2, 0) is 4.79 Å². The second-order valence-electron chi connectivity index (χ2n) is 5.28. The van der Waals surface area contributed by atoms with E-state index in [4.69, 9.17) is 5.53 Å². The Labute approximate surface area is 126 Å². The summed E-state index contributed by atoms with van der Waals surface area (Å²) < 4.78 is 0. The summed E-state index contributed by atoms with van der Waals surface area (Å²) >= 11 is 0. The first-order valence-corrected chi connectivity index (χ1v) is 6.98. The van der Waals surface area contributed by atoms with Gasteiger partial charge < -0.3 is 4.90 Å². The van der Waals surface area contributed by atoms with Crippen LogP contribution in [0.25, 0.3) is 21.8 Å². The van der Waals surface area contributed by atoms with E-state index in [-0.39, 0.29) is 11.8 Å². The molecule has 1 fully saturated rings. The highest BCUT2D eigenvalue weighted by molar-refractivity contribution is 5.96. The SMILES string of the molecule is Cc1nc(-c2cccc(N3CC(CN=[N+]=[N-])CC3=O)c2)n[nH]1. The Bertz CT molecular complexity index is 747. The number of hydrogen-bond acceptors (Lipinski definition) is 4. The van der Waals surface area contributed by atoms with Crippen LogP contribution in [0.2, 0.25) is 0 Å². The zero-order chi connectivity index (χ0) is 15.5. The minimum Gasteiger partial charge on any atom is -0.312 e. The van der Waals surface area contributed by atoms with Crippen LogP contribution < -0.4 is 4.90 Å². The van der Waals surface area contributed by atoms with Crippen molar-refractivity contribution in [2.45, 2.75) is 13.3 Å². The Morgan fingerprint density at radius 1 is 1.55 bits per heavy atom. The molecule has 2 heterocycles. The van der Waals surface area contributed by atoms with E-state index in [9.17, 15) is 4.79 Å². The smallest absolute Gasteiger partial charge is 0.227 e. The molecule has 1 aliphatic rings. The number of amides is 1. The van der Waals surface area contributed by atoms with Crippen molar-refractivity contribution in [1.29, 1.82) is 0 Å². The number of azide groups is 1. The number of carbonyl (C=O) groups excluding carboxylic acids is 1. The van der Waals surface area contributed by atoms with Crippen molar-refractivity contribution in [3.8, 4) is 11.4 Å². The molecule has 1 N–H and O–H groups in total. The van der Waals surface area contributed by atoms with Gasteiger partial charge in [0.05, 0.1) is 0 Å². The van der Waals surface area contributed by atoms with Gasteiger partial charge in [-0.15, -0.1) is 0 Å². The predicted octanol–water partition coefficient (Wildman–Crippen LogP) is 2.44. The number of aryl methyl sites for hydroxylation is 1. The molecule has 0 saturated carbocycles. The average molecular weight is 297 g/mol. The molecular weight excluding hydrogens is 282 g/mol. The lowest BCUT2D eigenvalue weighted by Crippen LogP contribution is -2.24. The van der Waals surface area contributed by atoms with Crippen molar-refractivity contribution in [2.75, 3.05) is 18.0 Å². The molecule has 3 rings (SSSR count). The predicted molar refractivity (Wildman–Crippen MR) is 81.0 cm³/mol. The van der Waals surface area contributed by atoms with E-state index < -0.39 is 0 Å². The molecule has 8 nitrogen and oxygen atoms in total. The number of rotatable bonds is 4. The van der Waals surface area contributed by atoms with Crippen molar-refractivity contribution >= 4 is 11.6 Å². The van der Waals surface area contributed by atoms with E-state index in [2.05, 4.69) is 25.2 Å². The monoisotopic (exact) mass is 297 g/mol. The van der Waals surface area contributed by atoms with E-state index in [1.807, 2.05) is 31.2 Å². The van der Waals surface area contributed by atoms with Crippen LogP contribution in [-0.4, -0.2) is 34.2 Å². The van der Waals surface area contributed by atoms with Gasteiger partial charge >= 0.3 is 0 Å². The number of aromatic amines is 1. The number of hydrogen-bond donors (Lipinski definition) is 1. The van der Waals surface area contributed by atoms with Gasteiger partial charge in [-0.05, 0) is 30.5 Å². The summed E-state index contributed by atoms with van der Waals surface area (Å²) in [4.78, 5) is 20.9. The molecular formula is C14H15N7O. The number of benzene rings is 1. The largest absolute Gasteiger partial charge is 0.312 e. The van der Waals surface area contributed by atoms with Gasteiger partial charge in [-0.2, -0.15) is 5.10 Å². The second kappa shape index (κ2) is 5.87. The number of carbonyl (C=O) groups is 1. The Kier molecular flexibility index (Phi) is 3.76. The lowest BCUT2D eigenvalue weighted by atomic mass is 10.1. The van der Waals surface area contributed by atoms with Crippen LogP contribution in [0.1, 0.15) is 12.2 Å². The second-order valence-corrected chi connectivity index (χ2v) is 5.28. The Morgan fingerprint density at radius 2 is 2.41 bits per heavy atom. The van der Waals surface area contributed by atoms with Crippen LogP contribution in [0, 0.1) is 12.8 Å². The van der Waals surface area contributed by atoms with Crippen LogP contribution in [0.3, 0.4) is 0 Å². The maximum atomic E-state index is 12.2. The third-order valence-corrected chi connectivity index (χ3v) is 3.62. The molecule has 1 aromatic carbocycles. The molecule has 0 radical (unpaired) electrons. The lowest BCUT2D eigenvalue weighted by molar-refractivity contribution is -0.117. The van der Waals surface area contributed by atoms with Crippen molar-refractivity contribution in [2.24, 2.45) is 11.0 Å². The van der Waals surface area contributed by atoms with Gasteiger partial charge in [-0.3, -0.25) is 9.89 Å². The summed E-state index contributed by atoms with van der Waals surface area (Å²) in [5.74, 6) is 1.46. The third-order valence-electron chi connectivity index (χ3n) is 3.62. The summed E-state index contributed by atoms with van der Waals surface area (Å²) in [6.07, 6.45) is 0.406. The molecule has 1 atom stereocenters. The first kappa shape index (κ1) is 14.1. The highest BCUT2D eigenvalue weighted by Crippen LogP contribution is 2.28. The Morgan fingerprint density at radius 3 is 3.14 bits per heavy atom. The van der Waals surface area contributed by atoms with E-state index in [1.165, 1.54) is 0 Å². The van der Waals surface area contributed by atoms with Crippen molar-refractivity contribution in [3.05, 3.63) is 40.5 Å². The van der Waals surface area contributed by atoms with E-state index >= 15 is 0 Å². The van der Waals surface area contributed by atoms with Crippen LogP contribution in [0.4, 0.5) is 5.69 Å². The topological polar surface area (TPSA) is 111 Å². The molecule has 1 unspecified atom stereocenters. The summed E-state index contributed by atoms with van der Waals surface area (Å²) in [6, 6.07) is 7.57. The fourth-order valence-corrected chi connectivity index (χ4v) is 2.59. The van der Waals surface area contributed by atoms with Crippen LogP contribution in [0.5, 0.6) is 0 Å². The first-order valence-electron chi connectivity index (χ1n) is 6.98. The molecule has 22 heavy (non-hydrogen) atoms. The number of nitrogens with one attached hydrogen (secondary N) is 1. The zero-order valence-corrected chi connectivity index (χ0v) is 12.1. The fourth-order valence-electron chi connectivity index (χ4n) is 2.59. The summed E-state index contributed by atoms with van der Waals surface area (Å²) in [5.41, 5.74) is 10.1. The Balaban J connectivity index is 1.83. The van der Waals surface area contributed by atoms with Gasteiger partial charge in [0, 0.05) is 35.7 Å². The molecule has 1 aliphatic heterocycles. The molecule has 8 heteroatoms. The number of anilines is 1. The van der Waals surface area contributed by atoms with E-state index in [0.717, 1.165) is 17.1 Å². The minimum absolute atomic E-state index is 0.0430. The summed E-state index contributed by atoms with van der Waals surface area (Å²) in [5, 5.41) is 10.5. The molecule has 1 saturated heterocycles. The van der Waals surface area contributed by atoms with Gasteiger partial charge in [-0.1, -0.05) is 17.2 Å². The fraction of sp³-hybridized carbons (Fsp3) is 0.357. The van der Waals surface area contributed by atoms with Crippen LogP contribution in [0.15, 0.2) is 29.4 Å². The standard InChI is InChI=1S/C14H15N7O/c1-9-17-14(19-18-9)11-3-2-4-12(6-11)21-8-10(5-13(21)22)7-16-20-15/h2-4,6,10H,5,7-8H2,1H3,(H,17,18,19). The maximum Gasteiger partial charge on any atom is 0.227 e. The quantitative estimate of drug-likeness (QED) is 0.531. The van der Waals surface area contributed by atoms with Crippen molar-refractivity contribution in [3.63, 3.8) is 0 Å². The lowest BCUT2D eigenvalue weighted by Gasteiger charge is -2.17. The molecule has 1 aromatic heterocycles. The average Bonchev–Trinajstić information content (AvgIpc) is 3.11. The van der Waals surface area contributed by atoms with Gasteiger partial charge in [-0.25, -0.2) is 4.98 Å². The molecule has 112 valence electrons. The summed E-state index contributed by atoms with van der Waals surface area (Å²) in [6.45, 7) is 2.75. The molecule has 0 spiro atoms. The zero-order valence-electron chi connectivity index (χ0n) is 12.1. The van der Waals surface area contributed by atoms with Crippen LogP contribution >= 0.6 is 0 Å². The number of aromatic nitrogens is 3. The Hall–Kier alpha value is -2.86. The van der Waals surface area contributed by atoms with Gasteiger partial charge in [0.15, 0.2) is 5.82 Å². The van der Waals surface area contributed by atoms with Crippen molar-refractivity contribution < 1.29 is 4.79 Å².